The molecule has 1 aliphatic heterocycles. The largest absolute Gasteiger partial charge is 0.460 e. The molecule has 0 N–H and O–H groups in total. The van der Waals surface area contributed by atoms with Crippen LogP contribution >= 0.6 is 27.7 Å². The Labute approximate surface area is 174 Å². The number of rotatable bonds is 4. The molecule has 0 amide bonds. The Morgan fingerprint density at radius 2 is 1.93 bits per heavy atom. The van der Waals surface area contributed by atoms with Crippen LogP contribution in [0.2, 0.25) is 0 Å². The van der Waals surface area contributed by atoms with Gasteiger partial charge in [0.25, 0.3) is 0 Å². The van der Waals surface area contributed by atoms with E-state index in [1.807, 2.05) is 59.1 Å². The zero-order valence-electron chi connectivity index (χ0n) is 14.8. The normalized spacial score (nSPS) is 16.0. The number of halogens is 1. The van der Waals surface area contributed by atoms with Gasteiger partial charge in [0.2, 0.25) is 6.29 Å². The van der Waals surface area contributed by atoms with E-state index in [0.29, 0.717) is 6.61 Å². The van der Waals surface area contributed by atoms with Crippen molar-refractivity contribution in [2.24, 2.45) is 0 Å². The molecule has 7 heteroatoms. The molecule has 0 saturated carbocycles. The van der Waals surface area contributed by atoms with Crippen LogP contribution < -0.4 is 4.74 Å². The minimum atomic E-state index is -0.396. The first-order valence-electron chi connectivity index (χ1n) is 8.85. The fourth-order valence-electron chi connectivity index (χ4n) is 3.22. The van der Waals surface area contributed by atoms with Gasteiger partial charge >= 0.3 is 0 Å². The van der Waals surface area contributed by atoms with Crippen molar-refractivity contribution in [1.29, 1.82) is 0 Å². The van der Waals surface area contributed by atoms with E-state index in [2.05, 4.69) is 38.3 Å². The molecule has 2 aromatic carbocycles. The molecule has 0 bridgehead atoms. The molecule has 0 spiro atoms. The number of hydrogen-bond donors (Lipinski definition) is 0. The SMILES string of the molecule is Brc1cc2c(c(CSc3nnc4ccccn34)c1)OC(c1ccccc1)OC2. The first-order valence-corrected chi connectivity index (χ1v) is 10.6. The highest BCUT2D eigenvalue weighted by Crippen LogP contribution is 2.39. The van der Waals surface area contributed by atoms with Crippen LogP contribution in [0.5, 0.6) is 5.75 Å². The van der Waals surface area contributed by atoms with Gasteiger partial charge in [0.15, 0.2) is 10.8 Å². The van der Waals surface area contributed by atoms with Gasteiger partial charge in [0.1, 0.15) is 5.75 Å². The van der Waals surface area contributed by atoms with Gasteiger partial charge in [0, 0.05) is 33.1 Å². The Bertz CT molecular complexity index is 1130. The third-order valence-corrected chi connectivity index (χ3v) is 5.98. The third-order valence-electron chi connectivity index (χ3n) is 4.53. The van der Waals surface area contributed by atoms with Gasteiger partial charge in [-0.25, -0.2) is 0 Å². The monoisotopic (exact) mass is 453 g/mol. The van der Waals surface area contributed by atoms with Crippen molar-refractivity contribution < 1.29 is 9.47 Å². The van der Waals surface area contributed by atoms with Gasteiger partial charge < -0.3 is 9.47 Å². The summed E-state index contributed by atoms with van der Waals surface area (Å²) in [5.74, 6) is 1.61. The number of ether oxygens (including phenoxy) is 2. The van der Waals surface area contributed by atoms with E-state index in [4.69, 9.17) is 9.47 Å². The molecule has 0 saturated heterocycles. The summed E-state index contributed by atoms with van der Waals surface area (Å²) < 4.78 is 15.2. The Morgan fingerprint density at radius 3 is 2.82 bits per heavy atom. The lowest BCUT2D eigenvalue weighted by atomic mass is 10.1. The van der Waals surface area contributed by atoms with Crippen LogP contribution in [0.1, 0.15) is 23.0 Å². The highest BCUT2D eigenvalue weighted by atomic mass is 79.9. The smallest absolute Gasteiger partial charge is 0.227 e. The standard InChI is InChI=1S/C21H16BrN3O2S/c22-17-10-15-12-26-20(14-6-2-1-3-7-14)27-19(15)16(11-17)13-28-21-24-23-18-8-4-5-9-25(18)21/h1-11,20H,12-13H2. The maximum atomic E-state index is 6.26. The van der Waals surface area contributed by atoms with Gasteiger partial charge in [0.05, 0.1) is 6.61 Å². The van der Waals surface area contributed by atoms with E-state index in [9.17, 15) is 0 Å². The van der Waals surface area contributed by atoms with Crippen molar-refractivity contribution in [3.05, 3.63) is 88.0 Å². The summed E-state index contributed by atoms with van der Waals surface area (Å²) in [5, 5.41) is 9.38. The van der Waals surface area contributed by atoms with E-state index in [0.717, 1.165) is 43.5 Å². The first kappa shape index (κ1) is 17.7. The number of fused-ring (bicyclic) bond motifs is 2. The summed E-state index contributed by atoms with van der Waals surface area (Å²) in [5.41, 5.74) is 4.00. The quantitative estimate of drug-likeness (QED) is 0.387. The lowest BCUT2D eigenvalue weighted by Gasteiger charge is -2.28. The average Bonchev–Trinajstić information content (AvgIpc) is 3.15. The second-order valence-corrected chi connectivity index (χ2v) is 8.28. The number of benzene rings is 2. The minimum Gasteiger partial charge on any atom is -0.460 e. The van der Waals surface area contributed by atoms with E-state index in [1.54, 1.807) is 11.8 Å². The molecule has 5 nitrogen and oxygen atoms in total. The molecular weight excluding hydrogens is 438 g/mol. The lowest BCUT2D eigenvalue weighted by Crippen LogP contribution is -2.19. The topological polar surface area (TPSA) is 48.7 Å². The van der Waals surface area contributed by atoms with Crippen LogP contribution in [0.15, 0.2) is 76.5 Å². The Kier molecular flexibility index (Phi) is 4.80. The molecule has 140 valence electrons. The molecule has 1 atom stereocenters. The average molecular weight is 454 g/mol. The zero-order chi connectivity index (χ0) is 18.9. The summed E-state index contributed by atoms with van der Waals surface area (Å²) in [4.78, 5) is 0. The van der Waals surface area contributed by atoms with E-state index in [-0.39, 0.29) is 0 Å². The molecular formula is C21H16BrN3O2S. The molecule has 28 heavy (non-hydrogen) atoms. The predicted molar refractivity (Wildman–Crippen MR) is 111 cm³/mol. The molecule has 4 aromatic rings. The fraction of sp³-hybridized carbons (Fsp3) is 0.143. The summed E-state index contributed by atoms with van der Waals surface area (Å²) in [6.07, 6.45) is 1.58. The zero-order valence-corrected chi connectivity index (χ0v) is 17.2. The molecule has 3 heterocycles. The molecule has 0 aliphatic carbocycles. The number of thioether (sulfide) groups is 1. The van der Waals surface area contributed by atoms with Crippen molar-refractivity contribution in [2.45, 2.75) is 23.8 Å². The van der Waals surface area contributed by atoms with Crippen molar-refractivity contribution >= 4 is 33.3 Å². The summed E-state index contributed by atoms with van der Waals surface area (Å²) >= 11 is 5.24. The Hall–Kier alpha value is -2.35. The Balaban J connectivity index is 1.43. The van der Waals surface area contributed by atoms with Gasteiger partial charge in [-0.3, -0.25) is 4.40 Å². The van der Waals surface area contributed by atoms with Crippen LogP contribution in [0.3, 0.4) is 0 Å². The highest BCUT2D eigenvalue weighted by Gasteiger charge is 2.25. The van der Waals surface area contributed by atoms with Crippen LogP contribution in [-0.4, -0.2) is 14.6 Å². The van der Waals surface area contributed by atoms with Gasteiger partial charge in [-0.2, -0.15) is 0 Å². The van der Waals surface area contributed by atoms with Crippen LogP contribution in [0.4, 0.5) is 0 Å². The second kappa shape index (κ2) is 7.58. The molecule has 0 radical (unpaired) electrons. The number of hydrogen-bond acceptors (Lipinski definition) is 5. The van der Waals surface area contributed by atoms with Crippen molar-refractivity contribution in [3.63, 3.8) is 0 Å². The van der Waals surface area contributed by atoms with E-state index in [1.165, 1.54) is 0 Å². The summed E-state index contributed by atoms with van der Waals surface area (Å²) in [6.45, 7) is 0.514. The number of nitrogens with zero attached hydrogens (tertiary/aromatic N) is 3. The molecule has 0 fully saturated rings. The van der Waals surface area contributed by atoms with Crippen LogP contribution in [-0.2, 0) is 17.1 Å². The Morgan fingerprint density at radius 1 is 1.07 bits per heavy atom. The lowest BCUT2D eigenvalue weighted by molar-refractivity contribution is -0.111. The maximum Gasteiger partial charge on any atom is 0.227 e. The minimum absolute atomic E-state index is 0.396. The fourth-order valence-corrected chi connectivity index (χ4v) is 4.66. The molecule has 5 rings (SSSR count). The number of aromatic nitrogens is 3. The maximum absolute atomic E-state index is 6.26. The molecule has 1 unspecified atom stereocenters. The van der Waals surface area contributed by atoms with E-state index >= 15 is 0 Å². The molecule has 1 aliphatic rings. The molecule has 2 aromatic heterocycles. The second-order valence-electron chi connectivity index (χ2n) is 6.42. The highest BCUT2D eigenvalue weighted by molar-refractivity contribution is 9.10. The number of pyridine rings is 1. The first-order chi connectivity index (χ1) is 13.8. The van der Waals surface area contributed by atoms with Crippen LogP contribution in [0, 0.1) is 0 Å². The predicted octanol–water partition coefficient (Wildman–Crippen LogP) is 5.39. The van der Waals surface area contributed by atoms with Crippen molar-refractivity contribution in [3.8, 4) is 5.75 Å². The van der Waals surface area contributed by atoms with Crippen molar-refractivity contribution in [1.82, 2.24) is 14.6 Å². The van der Waals surface area contributed by atoms with Gasteiger partial charge in [-0.1, -0.05) is 64.1 Å². The van der Waals surface area contributed by atoms with Gasteiger partial charge in [-0.15, -0.1) is 10.2 Å². The van der Waals surface area contributed by atoms with Crippen molar-refractivity contribution in [2.75, 3.05) is 0 Å². The summed E-state index contributed by atoms with van der Waals surface area (Å²) in [7, 11) is 0. The van der Waals surface area contributed by atoms with E-state index < -0.39 is 6.29 Å². The third kappa shape index (κ3) is 3.41. The summed E-state index contributed by atoms with van der Waals surface area (Å²) in [6, 6.07) is 20.0. The van der Waals surface area contributed by atoms with Crippen LogP contribution in [0.25, 0.3) is 5.65 Å². The van der Waals surface area contributed by atoms with Gasteiger partial charge in [-0.05, 0) is 24.3 Å².